The molecule has 0 spiro atoms. The summed E-state index contributed by atoms with van der Waals surface area (Å²) < 4.78 is 32.8. The fraction of sp³-hybridized carbons (Fsp3) is 0.286. The summed E-state index contributed by atoms with van der Waals surface area (Å²) in [5, 5.41) is 2.76. The van der Waals surface area contributed by atoms with Gasteiger partial charge in [-0.3, -0.25) is 4.79 Å². The van der Waals surface area contributed by atoms with Crippen molar-refractivity contribution in [1.29, 1.82) is 0 Å². The molecule has 1 fully saturated rings. The predicted octanol–water partition coefficient (Wildman–Crippen LogP) is 2.72. The minimum atomic E-state index is -3.64. The van der Waals surface area contributed by atoms with Crippen LogP contribution in [0.15, 0.2) is 53.4 Å². The van der Waals surface area contributed by atoms with Crippen molar-refractivity contribution in [2.75, 3.05) is 18.4 Å². The van der Waals surface area contributed by atoms with Crippen LogP contribution in [0.25, 0.3) is 0 Å². The Hall–Kier alpha value is -2.66. The molecule has 146 valence electrons. The number of nitrogens with zero attached hydrogens (tertiary/aromatic N) is 1. The van der Waals surface area contributed by atoms with E-state index in [9.17, 15) is 13.2 Å². The lowest BCUT2D eigenvalue weighted by atomic mass is 10.2. The number of anilines is 1. The summed E-state index contributed by atoms with van der Waals surface area (Å²) in [5.41, 5.74) is 1.59. The number of rotatable bonds is 4. The second-order valence-electron chi connectivity index (χ2n) is 6.78. The van der Waals surface area contributed by atoms with Gasteiger partial charge in [-0.05, 0) is 56.3 Å². The highest BCUT2D eigenvalue weighted by atomic mass is 32.2. The third kappa shape index (κ3) is 4.42. The van der Waals surface area contributed by atoms with Crippen LogP contribution in [0.4, 0.5) is 5.69 Å². The van der Waals surface area contributed by atoms with Crippen molar-refractivity contribution >= 4 is 21.6 Å². The number of carbonyl (C=O) groups is 1. The normalized spacial score (nSPS) is 20.3. The van der Waals surface area contributed by atoms with Crippen molar-refractivity contribution in [3.63, 3.8) is 0 Å². The van der Waals surface area contributed by atoms with Gasteiger partial charge in [-0.2, -0.15) is 4.31 Å². The van der Waals surface area contributed by atoms with Crippen LogP contribution in [0.1, 0.15) is 29.8 Å². The number of morpholine rings is 1. The molecule has 1 aliphatic heterocycles. The van der Waals surface area contributed by atoms with Gasteiger partial charge in [-0.15, -0.1) is 6.42 Å². The molecule has 0 aliphatic carbocycles. The van der Waals surface area contributed by atoms with Gasteiger partial charge in [-0.1, -0.05) is 12.0 Å². The Morgan fingerprint density at radius 3 is 2.39 bits per heavy atom. The highest BCUT2D eigenvalue weighted by Crippen LogP contribution is 2.22. The number of hydrogen-bond donors (Lipinski definition) is 1. The summed E-state index contributed by atoms with van der Waals surface area (Å²) in [7, 11) is -3.64. The fourth-order valence-corrected chi connectivity index (χ4v) is 4.73. The topological polar surface area (TPSA) is 75.7 Å². The van der Waals surface area contributed by atoms with E-state index < -0.39 is 10.0 Å². The van der Waals surface area contributed by atoms with Gasteiger partial charge in [-0.25, -0.2) is 8.42 Å². The number of hydrogen-bond acceptors (Lipinski definition) is 4. The van der Waals surface area contributed by atoms with E-state index in [0.29, 0.717) is 29.9 Å². The average molecular weight is 398 g/mol. The largest absolute Gasteiger partial charge is 0.373 e. The lowest BCUT2D eigenvalue weighted by molar-refractivity contribution is -0.0440. The number of carbonyl (C=O) groups excluding carboxylic acids is 1. The van der Waals surface area contributed by atoms with Gasteiger partial charge >= 0.3 is 0 Å². The van der Waals surface area contributed by atoms with E-state index in [4.69, 9.17) is 11.2 Å². The van der Waals surface area contributed by atoms with Gasteiger partial charge < -0.3 is 10.1 Å². The van der Waals surface area contributed by atoms with Gasteiger partial charge in [0.2, 0.25) is 10.0 Å². The molecule has 1 N–H and O–H groups in total. The second-order valence-corrected chi connectivity index (χ2v) is 8.72. The van der Waals surface area contributed by atoms with E-state index in [0.717, 1.165) is 0 Å². The molecule has 0 saturated carbocycles. The number of amides is 1. The number of ether oxygens (including phenoxy) is 1. The Morgan fingerprint density at radius 1 is 1.14 bits per heavy atom. The molecule has 3 rings (SSSR count). The molecule has 1 saturated heterocycles. The van der Waals surface area contributed by atoms with E-state index in [2.05, 4.69) is 11.2 Å². The minimum absolute atomic E-state index is 0.152. The SMILES string of the molecule is C#Cc1cccc(NC(=O)c2ccc(S(=O)(=O)N3CC(C)OC(C)C3)cc2)c1. The van der Waals surface area contributed by atoms with Crippen LogP contribution in [-0.4, -0.2) is 43.9 Å². The average Bonchev–Trinajstić information content (AvgIpc) is 2.67. The van der Waals surface area contributed by atoms with Crippen LogP contribution in [0.3, 0.4) is 0 Å². The first-order valence-corrected chi connectivity index (χ1v) is 10.4. The van der Waals surface area contributed by atoms with Gasteiger partial charge in [0.1, 0.15) is 0 Å². The summed E-state index contributed by atoms with van der Waals surface area (Å²) in [6, 6.07) is 12.9. The zero-order valence-corrected chi connectivity index (χ0v) is 16.6. The van der Waals surface area contributed by atoms with Gasteiger partial charge in [0, 0.05) is 29.9 Å². The standard InChI is InChI=1S/C21H22N2O4S/c1-4-17-6-5-7-19(12-17)22-21(24)18-8-10-20(11-9-18)28(25,26)23-13-15(2)27-16(3)14-23/h1,5-12,15-16H,13-14H2,2-3H3,(H,22,24). The van der Waals surface area contributed by atoms with E-state index in [1.807, 2.05) is 13.8 Å². The first-order valence-electron chi connectivity index (χ1n) is 8.93. The van der Waals surface area contributed by atoms with Crippen molar-refractivity contribution in [3.8, 4) is 12.3 Å². The number of sulfonamides is 1. The van der Waals surface area contributed by atoms with Crippen LogP contribution in [0, 0.1) is 12.3 Å². The van der Waals surface area contributed by atoms with Gasteiger partial charge in [0.05, 0.1) is 17.1 Å². The number of nitrogens with one attached hydrogen (secondary N) is 1. The molecule has 2 aromatic carbocycles. The summed E-state index contributed by atoms with van der Waals surface area (Å²) in [5.74, 6) is 2.17. The molecule has 2 atom stereocenters. The molecule has 0 aromatic heterocycles. The summed E-state index contributed by atoms with van der Waals surface area (Å²) in [6.45, 7) is 4.31. The van der Waals surface area contributed by atoms with Crippen LogP contribution >= 0.6 is 0 Å². The van der Waals surface area contributed by atoms with Crippen LogP contribution in [0.5, 0.6) is 0 Å². The Labute approximate surface area is 165 Å². The van der Waals surface area contributed by atoms with Crippen molar-refractivity contribution in [1.82, 2.24) is 4.31 Å². The zero-order chi connectivity index (χ0) is 20.3. The fourth-order valence-electron chi connectivity index (χ4n) is 3.14. The first kappa shape index (κ1) is 20.1. The van der Waals surface area contributed by atoms with Crippen LogP contribution < -0.4 is 5.32 Å². The Bertz CT molecular complexity index is 999. The van der Waals surface area contributed by atoms with Crippen molar-refractivity contribution in [2.45, 2.75) is 31.0 Å². The van der Waals surface area contributed by atoms with E-state index in [1.54, 1.807) is 24.3 Å². The maximum Gasteiger partial charge on any atom is 0.255 e. The second kappa shape index (κ2) is 8.15. The lowest BCUT2D eigenvalue weighted by Gasteiger charge is -2.34. The molecule has 0 radical (unpaired) electrons. The zero-order valence-electron chi connectivity index (χ0n) is 15.8. The maximum absolute atomic E-state index is 12.9. The van der Waals surface area contributed by atoms with E-state index >= 15 is 0 Å². The summed E-state index contributed by atoms with van der Waals surface area (Å²) in [6.07, 6.45) is 5.04. The monoisotopic (exact) mass is 398 g/mol. The highest BCUT2D eigenvalue weighted by Gasteiger charge is 2.32. The number of terminal acetylenes is 1. The Kier molecular flexibility index (Phi) is 5.84. The Balaban J connectivity index is 1.75. The lowest BCUT2D eigenvalue weighted by Crippen LogP contribution is -2.48. The minimum Gasteiger partial charge on any atom is -0.373 e. The Morgan fingerprint density at radius 2 is 1.79 bits per heavy atom. The van der Waals surface area contributed by atoms with Crippen molar-refractivity contribution in [2.24, 2.45) is 0 Å². The molecular weight excluding hydrogens is 376 g/mol. The maximum atomic E-state index is 12.9. The molecule has 28 heavy (non-hydrogen) atoms. The number of benzene rings is 2. The first-order chi connectivity index (χ1) is 13.3. The van der Waals surface area contributed by atoms with Crippen molar-refractivity contribution < 1.29 is 17.9 Å². The molecule has 2 unspecified atom stereocenters. The summed E-state index contributed by atoms with van der Waals surface area (Å²) in [4.78, 5) is 12.6. The molecule has 6 nitrogen and oxygen atoms in total. The predicted molar refractivity (Wildman–Crippen MR) is 108 cm³/mol. The van der Waals surface area contributed by atoms with Gasteiger partial charge in [0.25, 0.3) is 5.91 Å². The smallest absolute Gasteiger partial charge is 0.255 e. The quantitative estimate of drug-likeness (QED) is 0.804. The van der Waals surface area contributed by atoms with E-state index in [-0.39, 0.29) is 23.0 Å². The van der Waals surface area contributed by atoms with Crippen molar-refractivity contribution in [3.05, 3.63) is 59.7 Å². The third-order valence-corrected chi connectivity index (χ3v) is 6.27. The molecule has 2 aromatic rings. The van der Waals surface area contributed by atoms with E-state index in [1.165, 1.54) is 28.6 Å². The molecular formula is C21H22N2O4S. The molecule has 1 heterocycles. The van der Waals surface area contributed by atoms with Gasteiger partial charge in [0.15, 0.2) is 0 Å². The third-order valence-electron chi connectivity index (χ3n) is 4.43. The molecule has 0 bridgehead atoms. The van der Waals surface area contributed by atoms with Crippen LogP contribution in [0.2, 0.25) is 0 Å². The molecule has 1 aliphatic rings. The van der Waals surface area contributed by atoms with Crippen LogP contribution in [-0.2, 0) is 14.8 Å². The summed E-state index contributed by atoms with van der Waals surface area (Å²) >= 11 is 0. The molecule has 1 amide bonds. The molecule has 7 heteroatoms. The highest BCUT2D eigenvalue weighted by molar-refractivity contribution is 7.89.